The SMILES string of the molecule is CC(C)Oc1cccc(C(=CC#N)c2ccc3ccccc3c2)c1. The summed E-state index contributed by atoms with van der Waals surface area (Å²) in [5.74, 6) is 0.812. The number of nitrogens with zero attached hydrogens (tertiary/aromatic N) is 1. The standard InChI is InChI=1S/C22H19NO/c1-16(2)24-21-9-5-8-19(15-21)22(12-13-23)20-11-10-17-6-3-4-7-18(17)14-20/h3-12,14-16H,1-2H3. The first-order chi connectivity index (χ1) is 11.7. The van der Waals surface area contributed by atoms with E-state index in [0.29, 0.717) is 0 Å². The Bertz CT molecular complexity index is 932. The summed E-state index contributed by atoms with van der Waals surface area (Å²) >= 11 is 0. The average Bonchev–Trinajstić information content (AvgIpc) is 2.59. The minimum absolute atomic E-state index is 0.115. The molecule has 0 spiro atoms. The van der Waals surface area contributed by atoms with Crippen molar-refractivity contribution in [2.45, 2.75) is 20.0 Å². The van der Waals surface area contributed by atoms with Gasteiger partial charge in [-0.25, -0.2) is 0 Å². The van der Waals surface area contributed by atoms with Crippen molar-refractivity contribution in [2.75, 3.05) is 0 Å². The highest BCUT2D eigenvalue weighted by Crippen LogP contribution is 2.29. The van der Waals surface area contributed by atoms with Crippen molar-refractivity contribution in [3.63, 3.8) is 0 Å². The number of allylic oxidation sites excluding steroid dienone is 1. The van der Waals surface area contributed by atoms with Crippen LogP contribution in [0.2, 0.25) is 0 Å². The predicted molar refractivity (Wildman–Crippen MR) is 98.8 cm³/mol. The molecule has 0 N–H and O–H groups in total. The van der Waals surface area contributed by atoms with Crippen LogP contribution in [-0.4, -0.2) is 6.10 Å². The molecule has 0 atom stereocenters. The Hall–Kier alpha value is -3.05. The molecule has 118 valence electrons. The maximum Gasteiger partial charge on any atom is 0.120 e. The molecule has 24 heavy (non-hydrogen) atoms. The maximum absolute atomic E-state index is 9.23. The molecule has 0 heterocycles. The number of nitriles is 1. The summed E-state index contributed by atoms with van der Waals surface area (Å²) in [6.45, 7) is 4.00. The number of rotatable bonds is 4. The number of hydrogen-bond acceptors (Lipinski definition) is 2. The van der Waals surface area contributed by atoms with Crippen molar-refractivity contribution in [3.8, 4) is 11.8 Å². The summed E-state index contributed by atoms with van der Waals surface area (Å²) in [6, 6.07) is 24.5. The van der Waals surface area contributed by atoms with Gasteiger partial charge < -0.3 is 4.74 Å². The van der Waals surface area contributed by atoms with E-state index in [9.17, 15) is 5.26 Å². The smallest absolute Gasteiger partial charge is 0.120 e. The zero-order valence-electron chi connectivity index (χ0n) is 13.9. The quantitative estimate of drug-likeness (QED) is 0.589. The lowest BCUT2D eigenvalue weighted by molar-refractivity contribution is 0.242. The first kappa shape index (κ1) is 15.8. The number of benzene rings is 3. The molecule has 0 aliphatic rings. The highest BCUT2D eigenvalue weighted by Gasteiger charge is 2.08. The molecule has 0 aliphatic carbocycles. The molecule has 0 aliphatic heterocycles. The Labute approximate surface area is 142 Å². The van der Waals surface area contributed by atoms with Crippen LogP contribution >= 0.6 is 0 Å². The molecule has 0 saturated carbocycles. The molecule has 0 saturated heterocycles. The van der Waals surface area contributed by atoms with Crippen LogP contribution in [0.1, 0.15) is 25.0 Å². The third-order valence-electron chi connectivity index (χ3n) is 3.79. The first-order valence-corrected chi connectivity index (χ1v) is 8.03. The van der Waals surface area contributed by atoms with E-state index in [1.807, 2.05) is 50.2 Å². The number of hydrogen-bond donors (Lipinski definition) is 0. The fourth-order valence-corrected chi connectivity index (χ4v) is 2.76. The lowest BCUT2D eigenvalue weighted by Crippen LogP contribution is -2.05. The van der Waals surface area contributed by atoms with Gasteiger partial charge in [0, 0.05) is 6.08 Å². The van der Waals surface area contributed by atoms with Gasteiger partial charge in [-0.1, -0.05) is 48.5 Å². The maximum atomic E-state index is 9.23. The average molecular weight is 313 g/mol. The first-order valence-electron chi connectivity index (χ1n) is 8.03. The van der Waals surface area contributed by atoms with Crippen molar-refractivity contribution >= 4 is 16.3 Å². The van der Waals surface area contributed by atoms with Gasteiger partial charge >= 0.3 is 0 Å². The van der Waals surface area contributed by atoms with E-state index < -0.39 is 0 Å². The summed E-state index contributed by atoms with van der Waals surface area (Å²) < 4.78 is 5.78. The molecule has 0 radical (unpaired) electrons. The molecule has 2 nitrogen and oxygen atoms in total. The summed E-state index contributed by atoms with van der Waals surface area (Å²) in [6.07, 6.45) is 1.71. The van der Waals surface area contributed by atoms with Gasteiger partial charge in [-0.05, 0) is 59.5 Å². The van der Waals surface area contributed by atoms with Crippen LogP contribution in [0.15, 0.2) is 72.8 Å². The van der Waals surface area contributed by atoms with Gasteiger partial charge in [0.25, 0.3) is 0 Å². The molecule has 0 bridgehead atoms. The molecule has 0 amide bonds. The summed E-state index contributed by atoms with van der Waals surface area (Å²) in [7, 11) is 0. The second-order valence-corrected chi connectivity index (χ2v) is 5.94. The van der Waals surface area contributed by atoms with Gasteiger partial charge in [0.2, 0.25) is 0 Å². The molecule has 3 aromatic carbocycles. The van der Waals surface area contributed by atoms with Crippen LogP contribution in [0.5, 0.6) is 5.75 Å². The van der Waals surface area contributed by atoms with E-state index >= 15 is 0 Å². The van der Waals surface area contributed by atoms with Crippen LogP contribution < -0.4 is 4.74 Å². The Morgan fingerprint density at radius 3 is 2.42 bits per heavy atom. The predicted octanol–water partition coefficient (Wildman–Crippen LogP) is 5.58. The molecule has 0 aromatic heterocycles. The van der Waals surface area contributed by atoms with Crippen molar-refractivity contribution < 1.29 is 4.74 Å². The Morgan fingerprint density at radius 1 is 0.917 bits per heavy atom. The van der Waals surface area contributed by atoms with E-state index in [2.05, 4.69) is 36.4 Å². The molecule has 3 rings (SSSR count). The highest BCUT2D eigenvalue weighted by molar-refractivity contribution is 5.90. The highest BCUT2D eigenvalue weighted by atomic mass is 16.5. The molecule has 0 unspecified atom stereocenters. The minimum Gasteiger partial charge on any atom is -0.491 e. The van der Waals surface area contributed by atoms with Gasteiger partial charge in [0.1, 0.15) is 5.75 Å². The molecular weight excluding hydrogens is 294 g/mol. The van der Waals surface area contributed by atoms with Crippen molar-refractivity contribution in [1.29, 1.82) is 5.26 Å². The van der Waals surface area contributed by atoms with Crippen LogP contribution in [0.25, 0.3) is 16.3 Å². The molecule has 2 heteroatoms. The van der Waals surface area contributed by atoms with Crippen LogP contribution in [-0.2, 0) is 0 Å². The van der Waals surface area contributed by atoms with Crippen LogP contribution in [0, 0.1) is 11.3 Å². The Kier molecular flexibility index (Phi) is 4.63. The van der Waals surface area contributed by atoms with E-state index in [1.54, 1.807) is 6.08 Å². The molecule has 0 fully saturated rings. The number of fused-ring (bicyclic) bond motifs is 1. The normalized spacial score (nSPS) is 11.5. The lowest BCUT2D eigenvalue weighted by Gasteiger charge is -2.13. The van der Waals surface area contributed by atoms with Gasteiger partial charge in [0.15, 0.2) is 0 Å². The summed E-state index contributed by atoms with van der Waals surface area (Å²) in [4.78, 5) is 0. The second kappa shape index (κ2) is 7.02. The van der Waals surface area contributed by atoms with Gasteiger partial charge in [-0.2, -0.15) is 5.26 Å². The van der Waals surface area contributed by atoms with Gasteiger partial charge in [-0.3, -0.25) is 0 Å². The van der Waals surface area contributed by atoms with Crippen molar-refractivity contribution in [1.82, 2.24) is 0 Å². The van der Waals surface area contributed by atoms with Gasteiger partial charge in [-0.15, -0.1) is 0 Å². The topological polar surface area (TPSA) is 33.0 Å². The number of ether oxygens (including phenoxy) is 1. The largest absolute Gasteiger partial charge is 0.491 e. The fourth-order valence-electron chi connectivity index (χ4n) is 2.76. The molecular formula is C22H19NO. The Morgan fingerprint density at radius 2 is 1.67 bits per heavy atom. The van der Waals surface area contributed by atoms with Crippen LogP contribution in [0.4, 0.5) is 0 Å². The van der Waals surface area contributed by atoms with E-state index in [4.69, 9.17) is 4.74 Å². The zero-order valence-corrected chi connectivity index (χ0v) is 13.9. The van der Waals surface area contributed by atoms with Crippen molar-refractivity contribution in [3.05, 3.63) is 83.9 Å². The third-order valence-corrected chi connectivity index (χ3v) is 3.79. The van der Waals surface area contributed by atoms with Gasteiger partial charge in [0.05, 0.1) is 12.2 Å². The Balaban J connectivity index is 2.06. The van der Waals surface area contributed by atoms with E-state index in [0.717, 1.165) is 27.8 Å². The van der Waals surface area contributed by atoms with Crippen LogP contribution in [0.3, 0.4) is 0 Å². The van der Waals surface area contributed by atoms with Crippen molar-refractivity contribution in [2.24, 2.45) is 0 Å². The zero-order chi connectivity index (χ0) is 16.9. The third kappa shape index (κ3) is 3.47. The van der Waals surface area contributed by atoms with E-state index in [-0.39, 0.29) is 6.10 Å². The fraction of sp³-hybridized carbons (Fsp3) is 0.136. The summed E-state index contributed by atoms with van der Waals surface area (Å²) in [5.41, 5.74) is 2.90. The minimum atomic E-state index is 0.115. The monoisotopic (exact) mass is 313 g/mol. The van der Waals surface area contributed by atoms with E-state index in [1.165, 1.54) is 5.39 Å². The lowest BCUT2D eigenvalue weighted by atomic mass is 9.95. The molecule has 3 aromatic rings. The second-order valence-electron chi connectivity index (χ2n) is 5.94. The summed E-state index contributed by atoms with van der Waals surface area (Å²) in [5, 5.41) is 11.6.